The first-order valence-electron chi connectivity index (χ1n) is 9.45. The van der Waals surface area contributed by atoms with Gasteiger partial charge in [-0.05, 0) is 24.5 Å². The van der Waals surface area contributed by atoms with E-state index in [0.717, 1.165) is 12.8 Å². The highest BCUT2D eigenvalue weighted by atomic mass is 16.5. The van der Waals surface area contributed by atoms with Crippen LogP contribution in [0.5, 0.6) is 0 Å². The fraction of sp³-hybridized carbons (Fsp3) is 0.333. The minimum atomic E-state index is -0.106. The molecule has 1 aliphatic rings. The zero-order chi connectivity index (χ0) is 19.3. The molecule has 7 nitrogen and oxygen atoms in total. The number of aromatic nitrogens is 4. The van der Waals surface area contributed by atoms with Crippen LogP contribution < -0.4 is 10.5 Å². The highest BCUT2D eigenvalue weighted by Crippen LogP contribution is 2.20. The van der Waals surface area contributed by atoms with E-state index < -0.39 is 0 Å². The maximum atomic E-state index is 12.5. The number of rotatable bonds is 5. The molecule has 1 aliphatic heterocycles. The van der Waals surface area contributed by atoms with Crippen molar-refractivity contribution in [3.8, 4) is 11.4 Å². The summed E-state index contributed by atoms with van der Waals surface area (Å²) in [4.78, 5) is 27.5. The number of ether oxygens (including phenoxy) is 1. The molecule has 0 N–H and O–H groups in total. The second kappa shape index (κ2) is 8.31. The number of hydrogen-bond donors (Lipinski definition) is 0. The summed E-state index contributed by atoms with van der Waals surface area (Å²) in [6.07, 6.45) is 5.11. The SMILES string of the molecule is Cn1c(N2CCOC(CCc3ccccc3)C2)nc(-c2ccncn2)cc1=O. The van der Waals surface area contributed by atoms with Crippen LogP contribution in [0.15, 0.2) is 59.8 Å². The molecule has 0 bridgehead atoms. The van der Waals surface area contributed by atoms with E-state index in [1.807, 2.05) is 6.07 Å². The zero-order valence-electron chi connectivity index (χ0n) is 15.9. The topological polar surface area (TPSA) is 73.1 Å². The van der Waals surface area contributed by atoms with E-state index in [9.17, 15) is 4.79 Å². The summed E-state index contributed by atoms with van der Waals surface area (Å²) in [7, 11) is 1.75. The minimum Gasteiger partial charge on any atom is -0.375 e. The quantitative estimate of drug-likeness (QED) is 0.678. The average molecular weight is 377 g/mol. The Hall–Kier alpha value is -3.06. The highest BCUT2D eigenvalue weighted by molar-refractivity contribution is 5.55. The van der Waals surface area contributed by atoms with Gasteiger partial charge in [0.05, 0.1) is 24.1 Å². The second-order valence-corrected chi connectivity index (χ2v) is 6.90. The first-order valence-corrected chi connectivity index (χ1v) is 9.45. The zero-order valence-corrected chi connectivity index (χ0v) is 15.9. The van der Waals surface area contributed by atoms with Gasteiger partial charge in [0.15, 0.2) is 0 Å². The minimum absolute atomic E-state index is 0.105. The summed E-state index contributed by atoms with van der Waals surface area (Å²) in [6.45, 7) is 2.03. The van der Waals surface area contributed by atoms with Crippen molar-refractivity contribution in [1.29, 1.82) is 0 Å². The van der Waals surface area contributed by atoms with E-state index >= 15 is 0 Å². The van der Waals surface area contributed by atoms with Gasteiger partial charge in [0, 0.05) is 32.4 Å². The summed E-state index contributed by atoms with van der Waals surface area (Å²) in [5.41, 5.74) is 2.40. The van der Waals surface area contributed by atoms with Crippen LogP contribution in [-0.2, 0) is 18.2 Å². The van der Waals surface area contributed by atoms with Gasteiger partial charge >= 0.3 is 0 Å². The predicted octanol–water partition coefficient (Wildman–Crippen LogP) is 2.08. The van der Waals surface area contributed by atoms with Crippen LogP contribution in [0, 0.1) is 0 Å². The maximum absolute atomic E-state index is 12.5. The molecule has 0 saturated carbocycles. The summed E-state index contributed by atoms with van der Waals surface area (Å²) in [6, 6.07) is 13.7. The van der Waals surface area contributed by atoms with Crippen molar-refractivity contribution < 1.29 is 4.74 Å². The van der Waals surface area contributed by atoms with Gasteiger partial charge in [0.25, 0.3) is 5.56 Å². The monoisotopic (exact) mass is 377 g/mol. The van der Waals surface area contributed by atoms with Gasteiger partial charge in [-0.15, -0.1) is 0 Å². The molecular weight excluding hydrogens is 354 g/mol. The Bertz CT molecular complexity index is 975. The van der Waals surface area contributed by atoms with Crippen LogP contribution >= 0.6 is 0 Å². The summed E-state index contributed by atoms with van der Waals surface area (Å²) in [5, 5.41) is 0. The summed E-state index contributed by atoms with van der Waals surface area (Å²) in [5.74, 6) is 0.647. The van der Waals surface area contributed by atoms with E-state index in [1.54, 1.807) is 23.9 Å². The van der Waals surface area contributed by atoms with Gasteiger partial charge in [0.2, 0.25) is 5.95 Å². The number of aryl methyl sites for hydroxylation is 1. The molecule has 144 valence electrons. The van der Waals surface area contributed by atoms with Crippen LogP contribution in [0.1, 0.15) is 12.0 Å². The molecule has 1 aromatic carbocycles. The van der Waals surface area contributed by atoms with Crippen molar-refractivity contribution in [2.45, 2.75) is 18.9 Å². The van der Waals surface area contributed by atoms with Crippen LogP contribution in [0.3, 0.4) is 0 Å². The van der Waals surface area contributed by atoms with Crippen LogP contribution in [-0.4, -0.2) is 45.3 Å². The largest absolute Gasteiger partial charge is 0.375 e. The third-order valence-electron chi connectivity index (χ3n) is 4.98. The molecule has 28 heavy (non-hydrogen) atoms. The standard InChI is InChI=1S/C21H23N5O2/c1-25-20(27)13-19(18-9-10-22-15-23-18)24-21(25)26-11-12-28-17(14-26)8-7-16-5-3-2-4-6-16/h2-6,9-10,13,15,17H,7-8,11-12,14H2,1H3. The van der Waals surface area contributed by atoms with E-state index in [4.69, 9.17) is 9.72 Å². The average Bonchev–Trinajstić information content (AvgIpc) is 2.75. The molecular formula is C21H23N5O2. The van der Waals surface area contributed by atoms with Gasteiger partial charge in [0.1, 0.15) is 6.33 Å². The second-order valence-electron chi connectivity index (χ2n) is 6.90. The Morgan fingerprint density at radius 1 is 1.18 bits per heavy atom. The van der Waals surface area contributed by atoms with Crippen LogP contribution in [0.25, 0.3) is 11.4 Å². The number of morpholine rings is 1. The van der Waals surface area contributed by atoms with E-state index in [-0.39, 0.29) is 11.7 Å². The maximum Gasteiger partial charge on any atom is 0.255 e. The first-order chi connectivity index (χ1) is 13.7. The first kappa shape index (κ1) is 18.3. The number of anilines is 1. The van der Waals surface area contributed by atoms with Gasteiger partial charge in [-0.1, -0.05) is 30.3 Å². The molecule has 1 atom stereocenters. The van der Waals surface area contributed by atoms with E-state index in [1.165, 1.54) is 18.0 Å². The summed E-state index contributed by atoms with van der Waals surface area (Å²) < 4.78 is 7.55. The third kappa shape index (κ3) is 4.09. The molecule has 3 aromatic rings. The van der Waals surface area contributed by atoms with Gasteiger partial charge in [-0.25, -0.2) is 15.0 Å². The van der Waals surface area contributed by atoms with Crippen molar-refractivity contribution in [3.05, 3.63) is 70.9 Å². The lowest BCUT2D eigenvalue weighted by molar-refractivity contribution is 0.0347. The Kier molecular flexibility index (Phi) is 5.43. The van der Waals surface area contributed by atoms with E-state index in [2.05, 4.69) is 39.1 Å². The fourth-order valence-corrected chi connectivity index (χ4v) is 3.43. The molecule has 7 heteroatoms. The molecule has 2 aromatic heterocycles. The Labute approximate surface area is 163 Å². The molecule has 3 heterocycles. The smallest absolute Gasteiger partial charge is 0.255 e. The normalized spacial score (nSPS) is 16.9. The molecule has 1 saturated heterocycles. The van der Waals surface area contributed by atoms with Crippen LogP contribution in [0.2, 0.25) is 0 Å². The Balaban J connectivity index is 1.53. The lowest BCUT2D eigenvalue weighted by atomic mass is 10.1. The lowest BCUT2D eigenvalue weighted by Gasteiger charge is -2.34. The molecule has 0 amide bonds. The van der Waals surface area contributed by atoms with Crippen molar-refractivity contribution >= 4 is 5.95 Å². The molecule has 0 spiro atoms. The molecule has 0 aliphatic carbocycles. The Morgan fingerprint density at radius 2 is 2.04 bits per heavy atom. The summed E-state index contributed by atoms with van der Waals surface area (Å²) >= 11 is 0. The van der Waals surface area contributed by atoms with Crippen molar-refractivity contribution in [3.63, 3.8) is 0 Å². The molecule has 1 fully saturated rings. The third-order valence-corrected chi connectivity index (χ3v) is 4.98. The fourth-order valence-electron chi connectivity index (χ4n) is 3.43. The van der Waals surface area contributed by atoms with Crippen LogP contribution in [0.4, 0.5) is 5.95 Å². The van der Waals surface area contributed by atoms with Crippen molar-refractivity contribution in [1.82, 2.24) is 19.5 Å². The lowest BCUT2D eigenvalue weighted by Crippen LogP contribution is -2.45. The van der Waals surface area contributed by atoms with Gasteiger partial charge in [-0.2, -0.15) is 0 Å². The Morgan fingerprint density at radius 3 is 2.82 bits per heavy atom. The van der Waals surface area contributed by atoms with E-state index in [0.29, 0.717) is 37.0 Å². The van der Waals surface area contributed by atoms with Crippen molar-refractivity contribution in [2.75, 3.05) is 24.6 Å². The number of benzene rings is 1. The molecule has 4 rings (SSSR count). The van der Waals surface area contributed by atoms with Crippen molar-refractivity contribution in [2.24, 2.45) is 7.05 Å². The molecule has 0 radical (unpaired) electrons. The number of nitrogens with zero attached hydrogens (tertiary/aromatic N) is 5. The predicted molar refractivity (Wildman–Crippen MR) is 107 cm³/mol. The van der Waals surface area contributed by atoms with Gasteiger partial charge in [-0.3, -0.25) is 9.36 Å². The number of hydrogen-bond acceptors (Lipinski definition) is 6. The molecule has 1 unspecified atom stereocenters. The highest BCUT2D eigenvalue weighted by Gasteiger charge is 2.24. The van der Waals surface area contributed by atoms with Gasteiger partial charge < -0.3 is 9.64 Å².